The van der Waals surface area contributed by atoms with Crippen LogP contribution in [0, 0.1) is 0 Å². The lowest BCUT2D eigenvalue weighted by Crippen LogP contribution is -2.48. The van der Waals surface area contributed by atoms with E-state index in [-0.39, 0.29) is 18.4 Å². The number of hydrogen-bond donors (Lipinski definition) is 1. The van der Waals surface area contributed by atoms with Crippen molar-refractivity contribution in [1.29, 1.82) is 0 Å². The Balaban J connectivity index is 0.00000243. The summed E-state index contributed by atoms with van der Waals surface area (Å²) in [6.07, 6.45) is 1.94. The molecule has 0 radical (unpaired) electrons. The van der Waals surface area contributed by atoms with Crippen LogP contribution in [0.25, 0.3) is 0 Å². The number of halogens is 1. The molecule has 3 rings (SSSR count). The van der Waals surface area contributed by atoms with Crippen LogP contribution >= 0.6 is 24.2 Å². The van der Waals surface area contributed by atoms with Gasteiger partial charge in [0.05, 0.1) is 18.0 Å². The number of benzene rings is 2. The molecule has 26 heavy (non-hydrogen) atoms. The normalized spacial score (nSPS) is 18.2. The van der Waals surface area contributed by atoms with Crippen molar-refractivity contribution in [2.24, 2.45) is 0 Å². The number of para-hydroxylation sites is 1. The second-order valence-electron chi connectivity index (χ2n) is 5.76. The highest BCUT2D eigenvalue weighted by Gasteiger charge is 2.35. The zero-order valence-corrected chi connectivity index (χ0v) is 17.2. The van der Waals surface area contributed by atoms with Crippen LogP contribution in [0.3, 0.4) is 0 Å². The van der Waals surface area contributed by atoms with Crippen molar-refractivity contribution in [3.8, 4) is 5.75 Å². The van der Waals surface area contributed by atoms with E-state index < -0.39 is 10.0 Å². The zero-order chi connectivity index (χ0) is 17.9. The van der Waals surface area contributed by atoms with Crippen LogP contribution in [0.1, 0.15) is 11.6 Å². The highest BCUT2D eigenvalue weighted by molar-refractivity contribution is 7.98. The first-order valence-electron chi connectivity index (χ1n) is 8.07. The van der Waals surface area contributed by atoms with Crippen molar-refractivity contribution >= 4 is 34.2 Å². The van der Waals surface area contributed by atoms with Crippen LogP contribution < -0.4 is 10.1 Å². The quantitative estimate of drug-likeness (QED) is 0.761. The third-order valence-electron chi connectivity index (χ3n) is 4.34. The van der Waals surface area contributed by atoms with E-state index in [1.54, 1.807) is 29.6 Å². The number of rotatable bonds is 5. The van der Waals surface area contributed by atoms with Crippen molar-refractivity contribution in [2.75, 3.05) is 33.0 Å². The molecule has 1 fully saturated rings. The Morgan fingerprint density at radius 1 is 1.19 bits per heavy atom. The summed E-state index contributed by atoms with van der Waals surface area (Å²) < 4.78 is 33.6. The average Bonchev–Trinajstić information content (AvgIpc) is 2.68. The van der Waals surface area contributed by atoms with Crippen LogP contribution in [0.5, 0.6) is 5.75 Å². The Morgan fingerprint density at radius 3 is 2.69 bits per heavy atom. The summed E-state index contributed by atoms with van der Waals surface area (Å²) in [5.41, 5.74) is 0.877. The lowest BCUT2D eigenvalue weighted by molar-refractivity contribution is 0.264. The average molecular weight is 415 g/mol. The van der Waals surface area contributed by atoms with Gasteiger partial charge in [0.1, 0.15) is 5.75 Å². The number of sulfonamides is 1. The molecule has 8 heteroatoms. The molecule has 2 aromatic rings. The molecule has 1 unspecified atom stereocenters. The molecule has 1 saturated heterocycles. The molecule has 142 valence electrons. The number of nitrogens with zero attached hydrogens (tertiary/aromatic N) is 1. The Hall–Kier alpha value is -1.25. The molecule has 1 atom stereocenters. The van der Waals surface area contributed by atoms with E-state index in [1.807, 2.05) is 36.6 Å². The minimum atomic E-state index is -3.59. The maximum absolute atomic E-state index is 13.3. The van der Waals surface area contributed by atoms with Gasteiger partial charge in [-0.15, -0.1) is 24.2 Å². The highest BCUT2D eigenvalue weighted by atomic mass is 35.5. The van der Waals surface area contributed by atoms with Crippen LogP contribution in [0.2, 0.25) is 0 Å². The van der Waals surface area contributed by atoms with Crippen molar-refractivity contribution in [3.63, 3.8) is 0 Å². The lowest BCUT2D eigenvalue weighted by atomic mass is 10.0. The molecule has 0 spiro atoms. The number of piperazine rings is 1. The Kier molecular flexibility index (Phi) is 7.37. The molecule has 0 amide bonds. The van der Waals surface area contributed by atoms with Gasteiger partial charge in [-0.1, -0.05) is 24.3 Å². The second-order valence-corrected chi connectivity index (χ2v) is 8.53. The SMILES string of the molecule is COc1ccccc1C1CNCCN1S(=O)(=O)c1cccc(SC)c1.Cl. The van der Waals surface area contributed by atoms with Crippen LogP contribution in [0.15, 0.2) is 58.3 Å². The maximum atomic E-state index is 13.3. The first-order chi connectivity index (χ1) is 12.1. The van der Waals surface area contributed by atoms with E-state index in [9.17, 15) is 8.42 Å². The second kappa shape index (κ2) is 9.10. The molecule has 1 heterocycles. The van der Waals surface area contributed by atoms with Crippen molar-refractivity contribution in [3.05, 3.63) is 54.1 Å². The summed E-state index contributed by atoms with van der Waals surface area (Å²) in [6, 6.07) is 14.4. The van der Waals surface area contributed by atoms with Crippen LogP contribution in [-0.2, 0) is 10.0 Å². The molecule has 5 nitrogen and oxygen atoms in total. The van der Waals surface area contributed by atoms with Gasteiger partial charge in [0, 0.05) is 30.1 Å². The van der Waals surface area contributed by atoms with Crippen molar-refractivity contribution < 1.29 is 13.2 Å². The van der Waals surface area contributed by atoms with Gasteiger partial charge >= 0.3 is 0 Å². The zero-order valence-electron chi connectivity index (χ0n) is 14.7. The molecule has 0 bridgehead atoms. The number of hydrogen-bond acceptors (Lipinski definition) is 5. The molecule has 0 aromatic heterocycles. The summed E-state index contributed by atoms with van der Waals surface area (Å²) >= 11 is 1.53. The minimum absolute atomic E-state index is 0. The summed E-state index contributed by atoms with van der Waals surface area (Å²) in [6.45, 7) is 1.61. The van der Waals surface area contributed by atoms with Gasteiger partial charge in [-0.25, -0.2) is 8.42 Å². The molecule has 2 aromatic carbocycles. The van der Waals surface area contributed by atoms with Gasteiger partial charge in [-0.05, 0) is 30.5 Å². The summed E-state index contributed by atoms with van der Waals surface area (Å²) in [5, 5.41) is 3.29. The standard InChI is InChI=1S/C18H22N2O3S2.ClH/c1-23-18-9-4-3-8-16(18)17-13-19-10-11-20(17)25(21,22)15-7-5-6-14(12-15)24-2;/h3-9,12,17,19H,10-11,13H2,1-2H3;1H. The third-order valence-corrected chi connectivity index (χ3v) is 6.97. The monoisotopic (exact) mass is 414 g/mol. The Bertz CT molecular complexity index is 846. The molecule has 1 aliphatic heterocycles. The van der Waals surface area contributed by atoms with E-state index in [0.29, 0.717) is 30.3 Å². The number of nitrogens with one attached hydrogen (secondary N) is 1. The van der Waals surface area contributed by atoms with E-state index in [2.05, 4.69) is 5.32 Å². The van der Waals surface area contributed by atoms with Gasteiger partial charge in [-0.2, -0.15) is 4.31 Å². The first kappa shape index (κ1) is 21.1. The van der Waals surface area contributed by atoms with Crippen molar-refractivity contribution in [2.45, 2.75) is 15.8 Å². The molecular formula is C18H23ClN2O3S2. The maximum Gasteiger partial charge on any atom is 0.243 e. The Labute approximate surface area is 165 Å². The van der Waals surface area contributed by atoms with Gasteiger partial charge in [-0.3, -0.25) is 0 Å². The minimum Gasteiger partial charge on any atom is -0.496 e. The van der Waals surface area contributed by atoms with Crippen LogP contribution in [-0.4, -0.2) is 45.7 Å². The lowest BCUT2D eigenvalue weighted by Gasteiger charge is -2.36. The molecule has 0 aliphatic carbocycles. The van der Waals surface area contributed by atoms with Gasteiger partial charge in [0.2, 0.25) is 10.0 Å². The van der Waals surface area contributed by atoms with E-state index in [4.69, 9.17) is 4.74 Å². The molecule has 0 saturated carbocycles. The van der Waals surface area contributed by atoms with Crippen LogP contribution in [0.4, 0.5) is 0 Å². The fraction of sp³-hybridized carbons (Fsp3) is 0.333. The fourth-order valence-electron chi connectivity index (χ4n) is 3.08. The summed E-state index contributed by atoms with van der Waals surface area (Å²) in [5.74, 6) is 0.703. The third kappa shape index (κ3) is 4.18. The van der Waals surface area contributed by atoms with Gasteiger partial charge < -0.3 is 10.1 Å². The molecular weight excluding hydrogens is 392 g/mol. The van der Waals surface area contributed by atoms with E-state index in [1.165, 1.54) is 11.8 Å². The van der Waals surface area contributed by atoms with Gasteiger partial charge in [0.15, 0.2) is 0 Å². The predicted octanol–water partition coefficient (Wildman–Crippen LogP) is 3.17. The van der Waals surface area contributed by atoms with E-state index in [0.717, 1.165) is 10.5 Å². The first-order valence-corrected chi connectivity index (χ1v) is 10.7. The van der Waals surface area contributed by atoms with Crippen molar-refractivity contribution in [1.82, 2.24) is 9.62 Å². The topological polar surface area (TPSA) is 58.6 Å². The fourth-order valence-corrected chi connectivity index (χ4v) is 5.26. The van der Waals surface area contributed by atoms with E-state index >= 15 is 0 Å². The number of ether oxygens (including phenoxy) is 1. The molecule has 1 aliphatic rings. The predicted molar refractivity (Wildman–Crippen MR) is 108 cm³/mol. The summed E-state index contributed by atoms with van der Waals surface area (Å²) in [7, 11) is -1.99. The number of thioether (sulfide) groups is 1. The number of methoxy groups -OCH3 is 1. The highest BCUT2D eigenvalue weighted by Crippen LogP contribution is 2.34. The van der Waals surface area contributed by atoms with Gasteiger partial charge in [0.25, 0.3) is 0 Å². The Morgan fingerprint density at radius 2 is 1.96 bits per heavy atom. The summed E-state index contributed by atoms with van der Waals surface area (Å²) in [4.78, 5) is 1.27. The smallest absolute Gasteiger partial charge is 0.243 e. The largest absolute Gasteiger partial charge is 0.496 e. The molecule has 1 N–H and O–H groups in total.